The largest absolute Gasteiger partial charge is 0.504 e. The number of non-ortho nitro benzene ring substituents is 1. The molecule has 1 aliphatic rings. The van der Waals surface area contributed by atoms with Crippen LogP contribution in [-0.2, 0) is 16.0 Å². The van der Waals surface area contributed by atoms with E-state index in [1.807, 2.05) is 0 Å². The number of nitro groups is 1. The summed E-state index contributed by atoms with van der Waals surface area (Å²) in [5, 5.41) is 31.5. The molecule has 0 saturated carbocycles. The third-order valence-corrected chi connectivity index (χ3v) is 5.58. The number of hydrogen-bond donors (Lipinski definition) is 2. The highest BCUT2D eigenvalue weighted by molar-refractivity contribution is 6.23. The van der Waals surface area contributed by atoms with Crippen molar-refractivity contribution in [2.75, 3.05) is 0 Å². The minimum absolute atomic E-state index is 0.0479. The first-order valence-electron chi connectivity index (χ1n) is 11.0. The van der Waals surface area contributed by atoms with Gasteiger partial charge in [0.25, 0.3) is 5.69 Å². The summed E-state index contributed by atoms with van der Waals surface area (Å²) in [6.07, 6.45) is 9.93. The number of allylic oxidation sites excluding steroid dienone is 2. The molecule has 2 rings (SSSR count). The molecule has 7 heteroatoms. The molecular formula is C24H31NO6. The van der Waals surface area contributed by atoms with Gasteiger partial charge in [0.2, 0.25) is 11.6 Å². The highest BCUT2D eigenvalue weighted by Gasteiger charge is 2.34. The summed E-state index contributed by atoms with van der Waals surface area (Å²) >= 11 is 0. The number of aliphatic hydroxyl groups is 2. The van der Waals surface area contributed by atoms with E-state index < -0.39 is 28.0 Å². The average molecular weight is 430 g/mol. The third kappa shape index (κ3) is 6.77. The number of carbonyl (C=O) groups excluding carboxylic acids is 2. The smallest absolute Gasteiger partial charge is 0.269 e. The molecule has 0 aliphatic heterocycles. The zero-order valence-corrected chi connectivity index (χ0v) is 18.1. The van der Waals surface area contributed by atoms with Gasteiger partial charge in [0, 0.05) is 24.1 Å². The van der Waals surface area contributed by atoms with Gasteiger partial charge in [0.05, 0.1) is 10.5 Å². The molecule has 1 aliphatic carbocycles. The number of unbranched alkanes of at least 4 members (excludes halogenated alkanes) is 8. The van der Waals surface area contributed by atoms with Gasteiger partial charge in [-0.05, 0) is 18.4 Å². The maximum atomic E-state index is 12.6. The molecule has 0 heterocycles. The zero-order valence-electron chi connectivity index (χ0n) is 18.1. The van der Waals surface area contributed by atoms with Crippen LogP contribution in [0.15, 0.2) is 46.9 Å². The lowest BCUT2D eigenvalue weighted by Gasteiger charge is -2.18. The lowest BCUT2D eigenvalue weighted by atomic mass is 9.87. The summed E-state index contributed by atoms with van der Waals surface area (Å²) < 4.78 is 0. The summed E-state index contributed by atoms with van der Waals surface area (Å²) in [7, 11) is 0. The molecule has 0 fully saturated rings. The minimum atomic E-state index is -0.797. The lowest BCUT2D eigenvalue weighted by molar-refractivity contribution is -0.384. The van der Waals surface area contributed by atoms with Crippen LogP contribution in [0.2, 0.25) is 0 Å². The van der Waals surface area contributed by atoms with Crippen molar-refractivity contribution in [3.63, 3.8) is 0 Å². The molecule has 0 aromatic heterocycles. The molecule has 31 heavy (non-hydrogen) atoms. The lowest BCUT2D eigenvalue weighted by Crippen LogP contribution is -2.25. The Balaban J connectivity index is 1.92. The molecule has 2 N–H and O–H groups in total. The van der Waals surface area contributed by atoms with Gasteiger partial charge >= 0.3 is 0 Å². The van der Waals surface area contributed by atoms with Crippen molar-refractivity contribution in [1.29, 1.82) is 0 Å². The third-order valence-electron chi connectivity index (χ3n) is 5.58. The highest BCUT2D eigenvalue weighted by atomic mass is 16.6. The second kappa shape index (κ2) is 12.0. The van der Waals surface area contributed by atoms with Crippen LogP contribution in [0.5, 0.6) is 0 Å². The number of Topliss-reactive ketones (excluding diaryl/α,β-unsaturated/α-hetero) is 2. The Labute approximate surface area is 182 Å². The molecule has 0 amide bonds. The van der Waals surface area contributed by atoms with Crippen molar-refractivity contribution in [3.8, 4) is 0 Å². The first-order chi connectivity index (χ1) is 14.9. The second-order valence-electron chi connectivity index (χ2n) is 7.99. The quantitative estimate of drug-likeness (QED) is 0.176. The first-order valence-corrected chi connectivity index (χ1v) is 11.0. The van der Waals surface area contributed by atoms with Crippen LogP contribution >= 0.6 is 0 Å². The fourth-order valence-corrected chi connectivity index (χ4v) is 3.77. The number of rotatable bonds is 13. The van der Waals surface area contributed by atoms with E-state index in [1.165, 1.54) is 50.3 Å². The standard InChI is InChI=1S/C24H31NO6/c1-2-3-4-5-6-7-8-9-10-14-19-21(26)23(28)20(24(29)22(19)27)16-17-12-11-13-18(15-17)25(30)31/h11-13,15,26,29H,2-10,14,16H2,1H3. The number of hydrogen-bond acceptors (Lipinski definition) is 6. The van der Waals surface area contributed by atoms with Gasteiger partial charge < -0.3 is 10.2 Å². The summed E-state index contributed by atoms with van der Waals surface area (Å²) in [5.74, 6) is -2.84. The number of carbonyl (C=O) groups is 2. The van der Waals surface area contributed by atoms with E-state index in [0.717, 1.165) is 19.3 Å². The van der Waals surface area contributed by atoms with Crippen LogP contribution in [0.4, 0.5) is 5.69 Å². The van der Waals surface area contributed by atoms with E-state index in [2.05, 4.69) is 6.92 Å². The first kappa shape index (κ1) is 24.3. The molecule has 1 aromatic rings. The maximum Gasteiger partial charge on any atom is 0.269 e. The molecule has 0 unspecified atom stereocenters. The molecule has 0 atom stereocenters. The predicted molar refractivity (Wildman–Crippen MR) is 118 cm³/mol. The van der Waals surface area contributed by atoms with Crippen molar-refractivity contribution >= 4 is 17.3 Å². The minimum Gasteiger partial charge on any atom is -0.504 e. The Hall–Kier alpha value is -2.96. The number of benzene rings is 1. The van der Waals surface area contributed by atoms with Gasteiger partial charge in [-0.1, -0.05) is 70.4 Å². The van der Waals surface area contributed by atoms with Crippen molar-refractivity contribution in [1.82, 2.24) is 0 Å². The van der Waals surface area contributed by atoms with Crippen molar-refractivity contribution in [2.24, 2.45) is 0 Å². The second-order valence-corrected chi connectivity index (χ2v) is 7.99. The van der Waals surface area contributed by atoms with Gasteiger partial charge in [-0.25, -0.2) is 0 Å². The van der Waals surface area contributed by atoms with E-state index in [1.54, 1.807) is 6.07 Å². The topological polar surface area (TPSA) is 118 Å². The van der Waals surface area contributed by atoms with E-state index >= 15 is 0 Å². The van der Waals surface area contributed by atoms with Gasteiger partial charge in [-0.15, -0.1) is 0 Å². The van der Waals surface area contributed by atoms with Crippen LogP contribution in [0.25, 0.3) is 0 Å². The van der Waals surface area contributed by atoms with Gasteiger partial charge in [-0.2, -0.15) is 0 Å². The Bertz CT molecular complexity index is 884. The van der Waals surface area contributed by atoms with E-state index in [0.29, 0.717) is 12.0 Å². The fourth-order valence-electron chi connectivity index (χ4n) is 3.77. The molecule has 168 valence electrons. The van der Waals surface area contributed by atoms with Crippen LogP contribution in [0.1, 0.15) is 76.7 Å². The molecule has 0 spiro atoms. The predicted octanol–water partition coefficient (Wildman–Crippen LogP) is 5.83. The normalized spacial score (nSPS) is 14.5. The number of nitro benzene ring substituents is 1. The zero-order chi connectivity index (χ0) is 22.8. The average Bonchev–Trinajstić information content (AvgIpc) is 2.76. The summed E-state index contributed by atoms with van der Waals surface area (Å²) in [4.78, 5) is 35.5. The SMILES string of the molecule is CCCCCCCCCCCC1=C(O)C(=O)C(Cc2cccc([N+](=O)[O-])c2)=C(O)C1=O. The van der Waals surface area contributed by atoms with Crippen LogP contribution in [-0.4, -0.2) is 26.7 Å². The molecule has 1 aromatic carbocycles. The van der Waals surface area contributed by atoms with Gasteiger partial charge in [0.15, 0.2) is 11.5 Å². The molecular weight excluding hydrogens is 398 g/mol. The molecule has 7 nitrogen and oxygen atoms in total. The van der Waals surface area contributed by atoms with E-state index in [4.69, 9.17) is 0 Å². The molecule has 0 saturated heterocycles. The molecule has 0 bridgehead atoms. The van der Waals surface area contributed by atoms with Crippen LogP contribution in [0.3, 0.4) is 0 Å². The van der Waals surface area contributed by atoms with Gasteiger partial charge in [-0.3, -0.25) is 19.7 Å². The van der Waals surface area contributed by atoms with Crippen molar-refractivity contribution in [2.45, 2.75) is 77.6 Å². The van der Waals surface area contributed by atoms with Crippen molar-refractivity contribution in [3.05, 3.63) is 62.6 Å². The Morgan fingerprint density at radius 1 is 0.839 bits per heavy atom. The monoisotopic (exact) mass is 429 g/mol. The van der Waals surface area contributed by atoms with Crippen LogP contribution in [0, 0.1) is 10.1 Å². The molecule has 0 radical (unpaired) electrons. The van der Waals surface area contributed by atoms with Crippen molar-refractivity contribution < 1.29 is 24.7 Å². The maximum absolute atomic E-state index is 12.6. The number of aliphatic hydroxyl groups excluding tert-OH is 2. The Morgan fingerprint density at radius 3 is 2.00 bits per heavy atom. The van der Waals surface area contributed by atoms with E-state index in [9.17, 15) is 29.9 Å². The highest BCUT2D eigenvalue weighted by Crippen LogP contribution is 2.28. The number of ketones is 2. The number of nitrogens with zero attached hydrogens (tertiary/aromatic N) is 1. The van der Waals surface area contributed by atoms with Gasteiger partial charge in [0.1, 0.15) is 0 Å². The summed E-state index contributed by atoms with van der Waals surface area (Å²) in [5.41, 5.74) is -0.0443. The Morgan fingerprint density at radius 2 is 1.39 bits per heavy atom. The summed E-state index contributed by atoms with van der Waals surface area (Å²) in [6.45, 7) is 2.19. The summed E-state index contributed by atoms with van der Waals surface area (Å²) in [6, 6.07) is 5.61. The van der Waals surface area contributed by atoms with E-state index in [-0.39, 0.29) is 29.7 Å². The Kier molecular flexibility index (Phi) is 9.43. The fraction of sp³-hybridized carbons (Fsp3) is 0.500. The van der Waals surface area contributed by atoms with Crippen LogP contribution < -0.4 is 0 Å².